The first-order chi connectivity index (χ1) is 9.13. The van der Waals surface area contributed by atoms with Gasteiger partial charge < -0.3 is 15.1 Å². The highest BCUT2D eigenvalue weighted by molar-refractivity contribution is 5.82. The van der Waals surface area contributed by atoms with Gasteiger partial charge in [-0.25, -0.2) is 0 Å². The molecule has 0 radical (unpaired) electrons. The Kier molecular flexibility index (Phi) is 4.61. The quantitative estimate of drug-likeness (QED) is 0.884. The van der Waals surface area contributed by atoms with Crippen LogP contribution in [-0.2, 0) is 11.3 Å². The van der Waals surface area contributed by atoms with Crippen LogP contribution in [0.4, 0.5) is 0 Å². The van der Waals surface area contributed by atoms with Gasteiger partial charge in [-0.2, -0.15) is 0 Å². The highest BCUT2D eigenvalue weighted by Gasteiger charge is 2.34. The van der Waals surface area contributed by atoms with E-state index in [1.165, 1.54) is 0 Å². The van der Waals surface area contributed by atoms with Crippen molar-refractivity contribution in [3.8, 4) is 0 Å². The zero-order chi connectivity index (χ0) is 13.8. The monoisotopic (exact) mass is 265 g/mol. The van der Waals surface area contributed by atoms with Gasteiger partial charge in [-0.05, 0) is 38.4 Å². The second-order valence-electron chi connectivity index (χ2n) is 5.24. The van der Waals surface area contributed by atoms with Crippen molar-refractivity contribution in [3.63, 3.8) is 0 Å². The van der Waals surface area contributed by atoms with Crippen LogP contribution in [0.25, 0.3) is 0 Å². The standard InChI is InChI=1S/C14H23N3O2/c1-11-6-8-16(2)14(18)13(5-7-15)17(11)10-12-4-3-9-19-12/h3-4,9,11,13H,5-8,10,15H2,1-2H3. The van der Waals surface area contributed by atoms with Gasteiger partial charge in [-0.15, -0.1) is 0 Å². The van der Waals surface area contributed by atoms with Crippen LogP contribution >= 0.6 is 0 Å². The number of carbonyl (C=O) groups is 1. The zero-order valence-corrected chi connectivity index (χ0v) is 11.7. The molecule has 2 unspecified atom stereocenters. The summed E-state index contributed by atoms with van der Waals surface area (Å²) >= 11 is 0. The maximum Gasteiger partial charge on any atom is 0.239 e. The number of carbonyl (C=O) groups excluding carboxylic acids is 1. The van der Waals surface area contributed by atoms with Crippen LogP contribution in [0.5, 0.6) is 0 Å². The molecular weight excluding hydrogens is 242 g/mol. The predicted octanol–water partition coefficient (Wildman–Crippen LogP) is 1.05. The molecule has 1 amide bonds. The lowest BCUT2D eigenvalue weighted by molar-refractivity contribution is -0.135. The molecule has 5 nitrogen and oxygen atoms in total. The first kappa shape index (κ1) is 14.1. The maximum atomic E-state index is 12.4. The Labute approximate surface area is 114 Å². The molecule has 2 N–H and O–H groups in total. The Morgan fingerprint density at radius 3 is 2.95 bits per heavy atom. The molecule has 19 heavy (non-hydrogen) atoms. The van der Waals surface area contributed by atoms with Crippen molar-refractivity contribution < 1.29 is 9.21 Å². The molecule has 1 aromatic heterocycles. The fourth-order valence-electron chi connectivity index (χ4n) is 2.66. The molecule has 1 aromatic rings. The molecule has 2 atom stereocenters. The Balaban J connectivity index is 2.20. The van der Waals surface area contributed by atoms with E-state index in [9.17, 15) is 4.79 Å². The van der Waals surface area contributed by atoms with Crippen molar-refractivity contribution in [1.29, 1.82) is 0 Å². The lowest BCUT2D eigenvalue weighted by Crippen LogP contribution is -2.47. The molecule has 2 rings (SSSR count). The number of rotatable bonds is 4. The average Bonchev–Trinajstić information content (AvgIpc) is 2.88. The van der Waals surface area contributed by atoms with Gasteiger partial charge >= 0.3 is 0 Å². The maximum absolute atomic E-state index is 12.4. The Morgan fingerprint density at radius 1 is 1.53 bits per heavy atom. The van der Waals surface area contributed by atoms with Crippen LogP contribution in [0, 0.1) is 0 Å². The first-order valence-corrected chi connectivity index (χ1v) is 6.86. The van der Waals surface area contributed by atoms with E-state index < -0.39 is 0 Å². The number of hydrogen-bond donors (Lipinski definition) is 1. The van der Waals surface area contributed by atoms with Crippen molar-refractivity contribution >= 4 is 5.91 Å². The van der Waals surface area contributed by atoms with Gasteiger partial charge in [0.2, 0.25) is 5.91 Å². The van der Waals surface area contributed by atoms with E-state index in [2.05, 4.69) is 11.8 Å². The molecule has 0 aliphatic carbocycles. The summed E-state index contributed by atoms with van der Waals surface area (Å²) in [5, 5.41) is 0. The molecule has 0 aromatic carbocycles. The van der Waals surface area contributed by atoms with Gasteiger partial charge in [0, 0.05) is 19.6 Å². The zero-order valence-electron chi connectivity index (χ0n) is 11.7. The number of nitrogens with zero attached hydrogens (tertiary/aromatic N) is 2. The molecule has 5 heteroatoms. The van der Waals surface area contributed by atoms with E-state index in [0.29, 0.717) is 25.6 Å². The van der Waals surface area contributed by atoms with Crippen LogP contribution in [0.1, 0.15) is 25.5 Å². The molecule has 0 bridgehead atoms. The van der Waals surface area contributed by atoms with E-state index in [1.807, 2.05) is 24.1 Å². The van der Waals surface area contributed by atoms with Crippen molar-refractivity contribution in [3.05, 3.63) is 24.2 Å². The van der Waals surface area contributed by atoms with Crippen LogP contribution in [-0.4, -0.2) is 47.9 Å². The Hall–Kier alpha value is -1.33. The number of furan rings is 1. The van der Waals surface area contributed by atoms with Crippen molar-refractivity contribution in [2.24, 2.45) is 5.73 Å². The topological polar surface area (TPSA) is 62.7 Å². The molecule has 1 aliphatic heterocycles. The predicted molar refractivity (Wildman–Crippen MR) is 73.4 cm³/mol. The Morgan fingerprint density at radius 2 is 2.32 bits per heavy atom. The summed E-state index contributed by atoms with van der Waals surface area (Å²) in [6, 6.07) is 4.03. The highest BCUT2D eigenvalue weighted by Crippen LogP contribution is 2.21. The fraction of sp³-hybridized carbons (Fsp3) is 0.643. The third-order valence-electron chi connectivity index (χ3n) is 3.87. The van der Waals surface area contributed by atoms with Gasteiger partial charge in [0.15, 0.2) is 0 Å². The first-order valence-electron chi connectivity index (χ1n) is 6.86. The van der Waals surface area contributed by atoms with E-state index in [0.717, 1.165) is 18.7 Å². The smallest absolute Gasteiger partial charge is 0.239 e. The molecule has 1 saturated heterocycles. The van der Waals surface area contributed by atoms with E-state index >= 15 is 0 Å². The van der Waals surface area contributed by atoms with Gasteiger partial charge in [0.1, 0.15) is 5.76 Å². The summed E-state index contributed by atoms with van der Waals surface area (Å²) in [5.41, 5.74) is 5.68. The summed E-state index contributed by atoms with van der Waals surface area (Å²) in [6.07, 6.45) is 3.34. The largest absolute Gasteiger partial charge is 0.468 e. The van der Waals surface area contributed by atoms with E-state index in [-0.39, 0.29) is 11.9 Å². The third kappa shape index (κ3) is 3.16. The minimum atomic E-state index is -0.141. The minimum absolute atomic E-state index is 0.141. The van der Waals surface area contributed by atoms with Gasteiger partial charge in [0.05, 0.1) is 18.8 Å². The number of likely N-dealkylation sites (N-methyl/N-ethyl adjacent to an activating group) is 1. The molecule has 106 valence electrons. The second kappa shape index (κ2) is 6.21. The Bertz CT molecular complexity index is 405. The third-order valence-corrected chi connectivity index (χ3v) is 3.87. The SMILES string of the molecule is CC1CCN(C)C(=O)C(CCN)N1Cc1ccco1. The van der Waals surface area contributed by atoms with Crippen molar-refractivity contribution in [2.45, 2.75) is 38.4 Å². The van der Waals surface area contributed by atoms with Crippen LogP contribution < -0.4 is 5.73 Å². The van der Waals surface area contributed by atoms with E-state index in [1.54, 1.807) is 6.26 Å². The van der Waals surface area contributed by atoms with Gasteiger partial charge in [-0.1, -0.05) is 0 Å². The number of hydrogen-bond acceptors (Lipinski definition) is 4. The highest BCUT2D eigenvalue weighted by atomic mass is 16.3. The average molecular weight is 265 g/mol. The molecular formula is C14H23N3O2. The van der Waals surface area contributed by atoms with Gasteiger partial charge in [-0.3, -0.25) is 9.69 Å². The fourth-order valence-corrected chi connectivity index (χ4v) is 2.66. The molecule has 0 saturated carbocycles. The summed E-state index contributed by atoms with van der Waals surface area (Å²) in [4.78, 5) is 16.5. The van der Waals surface area contributed by atoms with Crippen LogP contribution in [0.2, 0.25) is 0 Å². The normalized spacial score (nSPS) is 25.6. The van der Waals surface area contributed by atoms with Crippen molar-refractivity contribution in [1.82, 2.24) is 9.80 Å². The summed E-state index contributed by atoms with van der Waals surface area (Å²) in [7, 11) is 1.87. The van der Waals surface area contributed by atoms with Gasteiger partial charge in [0.25, 0.3) is 0 Å². The second-order valence-corrected chi connectivity index (χ2v) is 5.24. The summed E-state index contributed by atoms with van der Waals surface area (Å²) < 4.78 is 5.42. The summed E-state index contributed by atoms with van der Waals surface area (Å²) in [6.45, 7) is 4.15. The van der Waals surface area contributed by atoms with E-state index in [4.69, 9.17) is 10.2 Å². The number of amides is 1. The van der Waals surface area contributed by atoms with Crippen LogP contribution in [0.3, 0.4) is 0 Å². The molecule has 0 spiro atoms. The lowest BCUT2D eigenvalue weighted by Gasteiger charge is -2.32. The molecule has 2 heterocycles. The van der Waals surface area contributed by atoms with Crippen molar-refractivity contribution in [2.75, 3.05) is 20.1 Å². The molecule has 1 fully saturated rings. The number of nitrogens with two attached hydrogens (primary N) is 1. The molecule has 1 aliphatic rings. The lowest BCUT2D eigenvalue weighted by atomic mass is 10.1. The summed E-state index contributed by atoms with van der Waals surface area (Å²) in [5.74, 6) is 1.06. The minimum Gasteiger partial charge on any atom is -0.468 e. The van der Waals surface area contributed by atoms with Crippen LogP contribution in [0.15, 0.2) is 22.8 Å².